The van der Waals surface area contributed by atoms with E-state index in [4.69, 9.17) is 4.74 Å². The first kappa shape index (κ1) is 9.40. The summed E-state index contributed by atoms with van der Waals surface area (Å²) in [5.41, 5.74) is 0. The zero-order chi connectivity index (χ0) is 6.27. The zero-order valence-electron chi connectivity index (χ0n) is 6.08. The van der Waals surface area contributed by atoms with Gasteiger partial charge in [-0.25, -0.2) is 0 Å². The molecule has 2 saturated heterocycles. The van der Waals surface area contributed by atoms with Crippen LogP contribution in [-0.2, 0) is 23.0 Å². The quantitative estimate of drug-likeness (QED) is 0.533. The van der Waals surface area contributed by atoms with Crippen LogP contribution in [0.15, 0.2) is 0 Å². The van der Waals surface area contributed by atoms with Crippen molar-refractivity contribution in [1.29, 1.82) is 0 Å². The van der Waals surface area contributed by atoms with E-state index in [1.165, 1.54) is 42.6 Å². The molecule has 2 rings (SSSR count). The van der Waals surface area contributed by atoms with E-state index in [0.717, 1.165) is 5.92 Å². The Balaban J connectivity index is 0.000000500. The van der Waals surface area contributed by atoms with Gasteiger partial charge in [-0.05, 0) is 0 Å². The minimum atomic E-state index is 0. The van der Waals surface area contributed by atoms with Crippen LogP contribution >= 0.6 is 24.0 Å². The van der Waals surface area contributed by atoms with E-state index in [2.05, 4.69) is 0 Å². The van der Waals surface area contributed by atoms with Crippen molar-refractivity contribution in [2.45, 2.75) is 36.5 Å². The van der Waals surface area contributed by atoms with Crippen molar-refractivity contribution in [3.8, 4) is 0 Å². The molecule has 0 spiro atoms. The van der Waals surface area contributed by atoms with E-state index >= 15 is 0 Å². The molecule has 2 heterocycles. The van der Waals surface area contributed by atoms with Crippen LogP contribution in [0, 0.1) is 5.92 Å². The molecule has 55 valence electrons. The minimum absolute atomic E-state index is 0. The van der Waals surface area contributed by atoms with Gasteiger partial charge in [-0.2, -0.15) is 0 Å². The molecule has 0 N–H and O–H groups in total. The molecule has 0 amide bonds. The second kappa shape index (κ2) is 3.81. The topological polar surface area (TPSA) is 9.23 Å². The van der Waals surface area contributed by atoms with Crippen LogP contribution in [0.5, 0.6) is 0 Å². The van der Waals surface area contributed by atoms with Crippen LogP contribution in [0.4, 0.5) is 0 Å². The molecule has 2 fully saturated rings. The first-order valence-electron chi connectivity index (χ1n) is 3.85. The molecular formula is C7H12IOZn. The van der Waals surface area contributed by atoms with Gasteiger partial charge in [0.05, 0.1) is 0 Å². The van der Waals surface area contributed by atoms with Gasteiger partial charge in [0.2, 0.25) is 0 Å². The Morgan fingerprint density at radius 3 is 2.50 bits per heavy atom. The predicted octanol–water partition coefficient (Wildman–Crippen LogP) is 2.14. The standard InChI is InChI=1S/C7H11O.HI.Zn/c1-5-4-6-2-3-7(5)8-6;;/h5-7H,1-4H2;1H;/t5-,6+,7?;;/m1../s1. The van der Waals surface area contributed by atoms with E-state index in [9.17, 15) is 0 Å². The summed E-state index contributed by atoms with van der Waals surface area (Å²) in [6, 6.07) is 0. The van der Waals surface area contributed by atoms with E-state index in [0.29, 0.717) is 12.2 Å². The molecule has 0 aromatic carbocycles. The number of ether oxygens (including phenoxy) is 1. The molecule has 3 atom stereocenters. The summed E-state index contributed by atoms with van der Waals surface area (Å²) in [6.45, 7) is 0. The fourth-order valence-corrected chi connectivity index (χ4v) is 3.32. The average Bonchev–Trinajstić information content (AvgIpc) is 2.45. The van der Waals surface area contributed by atoms with E-state index in [1.54, 1.807) is 0 Å². The van der Waals surface area contributed by atoms with Crippen molar-refractivity contribution < 1.29 is 23.0 Å². The van der Waals surface area contributed by atoms with Crippen molar-refractivity contribution >= 4 is 24.0 Å². The van der Waals surface area contributed by atoms with Gasteiger partial charge in [-0.3, -0.25) is 0 Å². The Morgan fingerprint density at radius 1 is 1.40 bits per heavy atom. The third-order valence-electron chi connectivity index (χ3n) is 2.60. The molecule has 2 aliphatic rings. The van der Waals surface area contributed by atoms with Crippen LogP contribution in [0.3, 0.4) is 0 Å². The molecule has 0 aromatic rings. The number of hydrogen-bond donors (Lipinski definition) is 0. The van der Waals surface area contributed by atoms with Gasteiger partial charge in [0, 0.05) is 0 Å². The molecule has 3 heteroatoms. The molecule has 2 aliphatic heterocycles. The molecular weight excluding hydrogens is 292 g/mol. The summed E-state index contributed by atoms with van der Waals surface area (Å²) in [7, 11) is 0. The van der Waals surface area contributed by atoms with Gasteiger partial charge in [-0.1, -0.05) is 0 Å². The summed E-state index contributed by atoms with van der Waals surface area (Å²) < 4.78 is 5.70. The van der Waals surface area contributed by atoms with Gasteiger partial charge in [0.1, 0.15) is 0 Å². The van der Waals surface area contributed by atoms with E-state index in [-0.39, 0.29) is 24.0 Å². The average molecular weight is 304 g/mol. The SMILES string of the molecule is I.[Zn][CH2][C@@H]1C[C@@H]2CCC1O2. The summed E-state index contributed by atoms with van der Waals surface area (Å²) in [5, 5.41) is 1.45. The van der Waals surface area contributed by atoms with Crippen LogP contribution in [-0.4, -0.2) is 12.2 Å². The Labute approximate surface area is 89.0 Å². The van der Waals surface area contributed by atoms with E-state index in [1.807, 2.05) is 0 Å². The Hall–Kier alpha value is 1.31. The van der Waals surface area contributed by atoms with Gasteiger partial charge < -0.3 is 0 Å². The third kappa shape index (κ3) is 1.56. The summed E-state index contributed by atoms with van der Waals surface area (Å²) >= 11 is 1.46. The normalized spacial score (nSPS) is 43.6. The monoisotopic (exact) mass is 303 g/mol. The molecule has 10 heavy (non-hydrogen) atoms. The maximum absolute atomic E-state index is 5.70. The molecule has 0 aromatic heterocycles. The predicted molar refractivity (Wildman–Crippen MR) is 46.2 cm³/mol. The summed E-state index contributed by atoms with van der Waals surface area (Å²) in [6.07, 6.45) is 5.44. The summed E-state index contributed by atoms with van der Waals surface area (Å²) in [4.78, 5) is 0. The Kier molecular flexibility index (Phi) is 3.59. The van der Waals surface area contributed by atoms with Crippen molar-refractivity contribution in [2.75, 3.05) is 0 Å². The van der Waals surface area contributed by atoms with Gasteiger partial charge in [0.25, 0.3) is 0 Å². The Morgan fingerprint density at radius 2 is 2.20 bits per heavy atom. The fourth-order valence-electron chi connectivity index (χ4n) is 2.05. The molecule has 0 radical (unpaired) electrons. The molecule has 2 bridgehead atoms. The second-order valence-electron chi connectivity index (χ2n) is 3.16. The zero-order valence-corrected chi connectivity index (χ0v) is 11.4. The second-order valence-corrected chi connectivity index (χ2v) is 4.37. The van der Waals surface area contributed by atoms with E-state index < -0.39 is 0 Å². The van der Waals surface area contributed by atoms with Crippen LogP contribution in [0.25, 0.3) is 0 Å². The van der Waals surface area contributed by atoms with Crippen molar-refractivity contribution in [3.05, 3.63) is 0 Å². The van der Waals surface area contributed by atoms with Gasteiger partial charge >= 0.3 is 65.4 Å². The van der Waals surface area contributed by atoms with Crippen LogP contribution < -0.4 is 0 Å². The first-order chi connectivity index (χ1) is 4.40. The fraction of sp³-hybridized carbons (Fsp3) is 1.00. The van der Waals surface area contributed by atoms with Crippen molar-refractivity contribution in [3.63, 3.8) is 0 Å². The first-order valence-corrected chi connectivity index (χ1v) is 5.94. The van der Waals surface area contributed by atoms with Crippen molar-refractivity contribution in [1.82, 2.24) is 0 Å². The number of halogens is 1. The summed E-state index contributed by atoms with van der Waals surface area (Å²) in [5.74, 6) is 0.962. The van der Waals surface area contributed by atoms with Crippen LogP contribution in [0.1, 0.15) is 19.3 Å². The Bertz CT molecular complexity index is 120. The third-order valence-corrected chi connectivity index (χ3v) is 4.16. The maximum atomic E-state index is 5.70. The van der Waals surface area contributed by atoms with Gasteiger partial charge in [-0.15, -0.1) is 24.0 Å². The van der Waals surface area contributed by atoms with Crippen LogP contribution in [0.2, 0.25) is 5.02 Å². The molecule has 1 unspecified atom stereocenters. The number of hydrogen-bond acceptors (Lipinski definition) is 1. The molecule has 0 saturated carbocycles. The molecule has 1 nitrogen and oxygen atoms in total. The molecule has 0 aliphatic carbocycles. The van der Waals surface area contributed by atoms with Gasteiger partial charge in [0.15, 0.2) is 0 Å². The number of rotatable bonds is 1. The van der Waals surface area contributed by atoms with Crippen molar-refractivity contribution in [2.24, 2.45) is 5.92 Å². The number of fused-ring (bicyclic) bond motifs is 2.